The maximum absolute atomic E-state index is 12.8. The maximum atomic E-state index is 12.8. The van der Waals surface area contributed by atoms with Crippen LogP contribution in [0.25, 0.3) is 0 Å². The van der Waals surface area contributed by atoms with Gasteiger partial charge < -0.3 is 10.6 Å². The number of nitrogens with zero attached hydrogens (tertiary/aromatic N) is 1. The molecule has 0 spiro atoms. The quantitative estimate of drug-likeness (QED) is 0.861. The molecule has 0 bridgehead atoms. The summed E-state index contributed by atoms with van der Waals surface area (Å²) in [7, 11) is 0. The molecule has 0 aliphatic carbocycles. The van der Waals surface area contributed by atoms with E-state index in [1.807, 2.05) is 23.1 Å². The van der Waals surface area contributed by atoms with Crippen LogP contribution in [-0.2, 0) is 19.1 Å². The summed E-state index contributed by atoms with van der Waals surface area (Å²) in [6.45, 7) is 0.589. The third-order valence-electron chi connectivity index (χ3n) is 3.86. The number of benzene rings is 2. The van der Waals surface area contributed by atoms with Gasteiger partial charge in [-0.15, -0.1) is 0 Å². The van der Waals surface area contributed by atoms with Gasteiger partial charge in [0.15, 0.2) is 6.17 Å². The number of fused-ring (bicyclic) bond motifs is 1. The minimum absolute atomic E-state index is 0.0663. The Morgan fingerprint density at radius 2 is 1.71 bits per heavy atom. The summed E-state index contributed by atoms with van der Waals surface area (Å²) in [5.74, 6) is 0. The van der Waals surface area contributed by atoms with Crippen molar-refractivity contribution in [2.45, 2.75) is 25.3 Å². The lowest BCUT2D eigenvalue weighted by Gasteiger charge is -2.34. The molecule has 3 N–H and O–H groups in total. The van der Waals surface area contributed by atoms with Gasteiger partial charge in [-0.1, -0.05) is 30.3 Å². The largest absolute Gasteiger partial charge is 0.416 e. The topological polar surface area (TPSA) is 30.9 Å². The first-order valence-electron chi connectivity index (χ1n) is 6.79. The molecule has 0 saturated carbocycles. The van der Waals surface area contributed by atoms with E-state index >= 15 is 0 Å². The number of hydrogen-bond acceptors (Lipinski definition) is 1. The lowest BCUT2D eigenvalue weighted by Crippen LogP contribution is -2.71. The van der Waals surface area contributed by atoms with Crippen molar-refractivity contribution in [3.8, 4) is 0 Å². The number of rotatable bonds is 1. The van der Waals surface area contributed by atoms with E-state index in [-0.39, 0.29) is 6.17 Å². The molecule has 0 radical (unpaired) electrons. The molecular formula is C16H16F3N2+. The minimum atomic E-state index is -4.32. The number of hydrogen-bond donors (Lipinski definition) is 1. The second-order valence-electron chi connectivity index (χ2n) is 5.30. The average Bonchev–Trinajstić information content (AvgIpc) is 2.46. The molecule has 1 aliphatic heterocycles. The highest BCUT2D eigenvalue weighted by Gasteiger charge is 2.32. The molecule has 0 aromatic heterocycles. The van der Waals surface area contributed by atoms with Crippen molar-refractivity contribution in [2.24, 2.45) is 0 Å². The van der Waals surface area contributed by atoms with Crippen LogP contribution in [0.3, 0.4) is 0 Å². The number of anilines is 1. The van der Waals surface area contributed by atoms with Gasteiger partial charge in [-0.25, -0.2) is 0 Å². The van der Waals surface area contributed by atoms with Gasteiger partial charge >= 0.3 is 6.18 Å². The van der Waals surface area contributed by atoms with E-state index in [0.717, 1.165) is 18.1 Å². The summed E-state index contributed by atoms with van der Waals surface area (Å²) in [5.41, 5.74) is 6.41. The minimum Gasteiger partial charge on any atom is -0.338 e. The number of halogens is 3. The Morgan fingerprint density at radius 1 is 1.00 bits per heavy atom. The first kappa shape index (κ1) is 13.9. The van der Waals surface area contributed by atoms with Crippen LogP contribution in [0, 0.1) is 0 Å². The van der Waals surface area contributed by atoms with Gasteiger partial charge in [0.25, 0.3) is 0 Å². The van der Waals surface area contributed by atoms with Crippen molar-refractivity contribution in [3.63, 3.8) is 0 Å². The van der Waals surface area contributed by atoms with Crippen molar-refractivity contribution in [3.05, 3.63) is 65.2 Å². The molecule has 0 amide bonds. The number of alkyl halides is 3. The highest BCUT2D eigenvalue weighted by Crippen LogP contribution is 2.33. The Bertz CT molecular complexity index is 652. The van der Waals surface area contributed by atoms with E-state index in [1.54, 1.807) is 6.07 Å². The lowest BCUT2D eigenvalue weighted by atomic mass is 9.97. The van der Waals surface area contributed by atoms with Crippen LogP contribution in [0.2, 0.25) is 0 Å². The summed E-state index contributed by atoms with van der Waals surface area (Å²) in [5, 5.41) is 0. The van der Waals surface area contributed by atoms with Crippen molar-refractivity contribution in [2.75, 3.05) is 4.90 Å². The molecule has 0 fully saturated rings. The van der Waals surface area contributed by atoms with Crippen LogP contribution in [0.4, 0.5) is 18.9 Å². The van der Waals surface area contributed by atoms with Gasteiger partial charge in [0.1, 0.15) is 0 Å². The van der Waals surface area contributed by atoms with Gasteiger partial charge in [0.2, 0.25) is 0 Å². The van der Waals surface area contributed by atoms with Gasteiger partial charge in [-0.3, -0.25) is 0 Å². The van der Waals surface area contributed by atoms with Crippen LogP contribution in [-0.4, -0.2) is 6.17 Å². The predicted octanol–water partition coefficient (Wildman–Crippen LogP) is 2.84. The molecule has 1 atom stereocenters. The summed E-state index contributed by atoms with van der Waals surface area (Å²) in [6.07, 6.45) is -3.64. The van der Waals surface area contributed by atoms with E-state index in [4.69, 9.17) is 0 Å². The van der Waals surface area contributed by atoms with Crippen LogP contribution in [0.1, 0.15) is 16.7 Å². The fourth-order valence-corrected chi connectivity index (χ4v) is 2.75. The molecule has 1 aliphatic rings. The molecular weight excluding hydrogens is 277 g/mol. The van der Waals surface area contributed by atoms with E-state index in [0.29, 0.717) is 12.2 Å². The van der Waals surface area contributed by atoms with Crippen LogP contribution < -0.4 is 10.6 Å². The molecule has 0 saturated heterocycles. The molecule has 1 heterocycles. The van der Waals surface area contributed by atoms with Crippen molar-refractivity contribution in [1.29, 1.82) is 0 Å². The van der Waals surface area contributed by atoms with Crippen LogP contribution >= 0.6 is 0 Å². The molecule has 21 heavy (non-hydrogen) atoms. The van der Waals surface area contributed by atoms with Crippen molar-refractivity contribution in [1.82, 2.24) is 0 Å². The van der Waals surface area contributed by atoms with Gasteiger partial charge in [-0.2, -0.15) is 13.2 Å². The Labute approximate surface area is 121 Å². The van der Waals surface area contributed by atoms with Crippen molar-refractivity contribution >= 4 is 5.69 Å². The highest BCUT2D eigenvalue weighted by atomic mass is 19.4. The third kappa shape index (κ3) is 2.74. The predicted molar refractivity (Wildman–Crippen MR) is 74.4 cm³/mol. The zero-order valence-electron chi connectivity index (χ0n) is 11.4. The first-order valence-corrected chi connectivity index (χ1v) is 6.79. The number of quaternary nitrogens is 1. The van der Waals surface area contributed by atoms with E-state index < -0.39 is 11.7 Å². The molecule has 0 unspecified atom stereocenters. The molecule has 3 rings (SSSR count). The molecule has 2 nitrogen and oxygen atoms in total. The molecule has 110 valence electrons. The Hall–Kier alpha value is -2.01. The maximum Gasteiger partial charge on any atom is 0.416 e. The normalized spacial score (nSPS) is 18.5. The summed E-state index contributed by atoms with van der Waals surface area (Å²) in [4.78, 5) is 1.93. The summed E-state index contributed by atoms with van der Waals surface area (Å²) in [6, 6.07) is 13.5. The van der Waals surface area contributed by atoms with Gasteiger partial charge in [0, 0.05) is 18.7 Å². The van der Waals surface area contributed by atoms with Crippen molar-refractivity contribution < 1.29 is 18.9 Å². The fraction of sp³-hybridized carbons (Fsp3) is 0.250. The van der Waals surface area contributed by atoms with E-state index in [9.17, 15) is 13.2 Å². The standard InChI is InChI=1S/C16H15F3N2/c17-16(18,19)13-6-3-7-14(9-13)21-10-12-5-2-1-4-11(12)8-15(21)20/h1-7,9,15H,8,10,20H2/p+1/t15-/m0/s1. The SMILES string of the molecule is [NH3+][C@@H]1Cc2ccccc2CN1c1cccc(C(F)(F)F)c1. The van der Waals surface area contributed by atoms with E-state index in [1.165, 1.54) is 17.7 Å². The second-order valence-corrected chi connectivity index (χ2v) is 5.30. The molecule has 2 aromatic carbocycles. The second kappa shape index (κ2) is 5.07. The molecule has 5 heteroatoms. The highest BCUT2D eigenvalue weighted by molar-refractivity contribution is 5.52. The monoisotopic (exact) mass is 293 g/mol. The fourth-order valence-electron chi connectivity index (χ4n) is 2.75. The molecule has 2 aromatic rings. The average molecular weight is 293 g/mol. The Kier molecular flexibility index (Phi) is 3.37. The third-order valence-corrected chi connectivity index (χ3v) is 3.86. The Balaban J connectivity index is 1.94. The zero-order chi connectivity index (χ0) is 15.0. The summed E-state index contributed by atoms with van der Waals surface area (Å²) >= 11 is 0. The lowest BCUT2D eigenvalue weighted by molar-refractivity contribution is -0.420. The Morgan fingerprint density at radius 3 is 2.43 bits per heavy atom. The van der Waals surface area contributed by atoms with Crippen LogP contribution in [0.5, 0.6) is 0 Å². The first-order chi connectivity index (χ1) is 9.95. The van der Waals surface area contributed by atoms with Gasteiger partial charge in [0.05, 0.1) is 5.56 Å². The summed E-state index contributed by atoms with van der Waals surface area (Å²) < 4.78 is 38.5. The van der Waals surface area contributed by atoms with Gasteiger partial charge in [-0.05, 0) is 29.3 Å². The van der Waals surface area contributed by atoms with E-state index in [2.05, 4.69) is 11.8 Å². The smallest absolute Gasteiger partial charge is 0.338 e. The zero-order valence-corrected chi connectivity index (χ0v) is 11.4. The van der Waals surface area contributed by atoms with Crippen LogP contribution in [0.15, 0.2) is 48.5 Å².